The molecule has 0 saturated carbocycles. The molecule has 0 amide bonds. The molecule has 1 aliphatic heterocycles. The predicted octanol–water partition coefficient (Wildman–Crippen LogP) is 4.64. The first kappa shape index (κ1) is 14.3. The van der Waals surface area contributed by atoms with Gasteiger partial charge in [0, 0.05) is 33.1 Å². The van der Waals surface area contributed by atoms with Gasteiger partial charge in [-0.05, 0) is 35.4 Å². The van der Waals surface area contributed by atoms with Gasteiger partial charge >= 0.3 is 0 Å². The fourth-order valence-corrected chi connectivity index (χ4v) is 4.58. The van der Waals surface area contributed by atoms with Crippen LogP contribution in [0.15, 0.2) is 12.1 Å². The quantitative estimate of drug-likeness (QED) is 0.896. The third kappa shape index (κ3) is 2.27. The summed E-state index contributed by atoms with van der Waals surface area (Å²) in [5.74, 6) is 0.475. The lowest BCUT2D eigenvalue weighted by molar-refractivity contribution is 0.0508. The van der Waals surface area contributed by atoms with E-state index in [-0.39, 0.29) is 6.10 Å². The Bertz CT molecular complexity index is 637. The van der Waals surface area contributed by atoms with Crippen LogP contribution in [-0.4, -0.2) is 13.2 Å². The molecule has 0 spiro atoms. The van der Waals surface area contributed by atoms with E-state index in [1.807, 2.05) is 11.3 Å². The molecule has 0 radical (unpaired) electrons. The van der Waals surface area contributed by atoms with Crippen molar-refractivity contribution in [2.24, 2.45) is 5.73 Å². The highest BCUT2D eigenvalue weighted by atomic mass is 35.5. The Balaban J connectivity index is 2.21. The van der Waals surface area contributed by atoms with E-state index in [0.29, 0.717) is 12.5 Å². The molecule has 108 valence electrons. The molecule has 20 heavy (non-hydrogen) atoms. The van der Waals surface area contributed by atoms with Crippen molar-refractivity contribution < 1.29 is 4.74 Å². The molecule has 2 N–H and O–H groups in total. The van der Waals surface area contributed by atoms with Crippen LogP contribution in [-0.2, 0) is 11.2 Å². The minimum absolute atomic E-state index is 0.0402. The highest BCUT2D eigenvalue weighted by molar-refractivity contribution is 7.19. The van der Waals surface area contributed by atoms with E-state index in [2.05, 4.69) is 26.0 Å². The summed E-state index contributed by atoms with van der Waals surface area (Å²) in [4.78, 5) is 1.42. The predicted molar refractivity (Wildman–Crippen MR) is 87.0 cm³/mol. The number of halogens is 1. The van der Waals surface area contributed by atoms with Crippen LogP contribution in [0.25, 0.3) is 10.1 Å². The average molecular weight is 310 g/mol. The van der Waals surface area contributed by atoms with Crippen molar-refractivity contribution >= 4 is 33.0 Å². The van der Waals surface area contributed by atoms with Crippen molar-refractivity contribution in [2.75, 3.05) is 13.2 Å². The lowest BCUT2D eigenvalue weighted by atomic mass is 9.94. The first-order valence-electron chi connectivity index (χ1n) is 7.22. The smallest absolute Gasteiger partial charge is 0.0963 e. The van der Waals surface area contributed by atoms with E-state index in [1.54, 1.807) is 0 Å². The van der Waals surface area contributed by atoms with Crippen LogP contribution in [0.5, 0.6) is 0 Å². The summed E-state index contributed by atoms with van der Waals surface area (Å²) in [6.07, 6.45) is 2.12. The normalized spacial score (nSPS) is 20.1. The van der Waals surface area contributed by atoms with Gasteiger partial charge in [-0.2, -0.15) is 0 Å². The molecule has 0 fully saturated rings. The second kappa shape index (κ2) is 5.64. The molecule has 0 saturated heterocycles. The molecule has 2 nitrogen and oxygen atoms in total. The van der Waals surface area contributed by atoms with Crippen molar-refractivity contribution in [3.63, 3.8) is 0 Å². The van der Waals surface area contributed by atoms with Crippen molar-refractivity contribution in [2.45, 2.75) is 38.7 Å². The summed E-state index contributed by atoms with van der Waals surface area (Å²) in [6.45, 7) is 5.73. The molecule has 1 aliphatic rings. The fourth-order valence-electron chi connectivity index (χ4n) is 2.90. The van der Waals surface area contributed by atoms with Crippen molar-refractivity contribution in [1.29, 1.82) is 0 Å². The van der Waals surface area contributed by atoms with Gasteiger partial charge in [0.15, 0.2) is 0 Å². The number of benzene rings is 1. The zero-order valence-electron chi connectivity index (χ0n) is 11.9. The van der Waals surface area contributed by atoms with Gasteiger partial charge in [0.25, 0.3) is 0 Å². The Kier molecular flexibility index (Phi) is 4.04. The van der Waals surface area contributed by atoms with E-state index in [4.69, 9.17) is 22.1 Å². The average Bonchev–Trinajstić information content (AvgIpc) is 2.82. The molecule has 2 aromatic rings. The van der Waals surface area contributed by atoms with Gasteiger partial charge in [-0.15, -0.1) is 11.3 Å². The van der Waals surface area contributed by atoms with E-state index in [9.17, 15) is 0 Å². The summed E-state index contributed by atoms with van der Waals surface area (Å²) in [5, 5.41) is 2.18. The van der Waals surface area contributed by atoms with Gasteiger partial charge in [-0.1, -0.05) is 25.4 Å². The van der Waals surface area contributed by atoms with Crippen LogP contribution in [0.2, 0.25) is 5.02 Å². The molecule has 2 heterocycles. The molecule has 0 aliphatic carbocycles. The highest BCUT2D eigenvalue weighted by Gasteiger charge is 2.25. The largest absolute Gasteiger partial charge is 0.372 e. The second-order valence-electron chi connectivity index (χ2n) is 5.46. The Morgan fingerprint density at radius 2 is 2.30 bits per heavy atom. The first-order valence-corrected chi connectivity index (χ1v) is 8.41. The summed E-state index contributed by atoms with van der Waals surface area (Å²) in [6, 6.07) is 4.38. The topological polar surface area (TPSA) is 35.2 Å². The first-order chi connectivity index (χ1) is 9.65. The lowest BCUT2D eigenvalue weighted by Crippen LogP contribution is -2.21. The number of rotatable bonds is 3. The summed E-state index contributed by atoms with van der Waals surface area (Å²) >= 11 is 8.30. The summed E-state index contributed by atoms with van der Waals surface area (Å²) in [5.41, 5.74) is 8.42. The van der Waals surface area contributed by atoms with Crippen LogP contribution in [0.3, 0.4) is 0 Å². The van der Waals surface area contributed by atoms with Gasteiger partial charge in [-0.3, -0.25) is 0 Å². The molecule has 1 aromatic heterocycles. The van der Waals surface area contributed by atoms with Gasteiger partial charge in [0.1, 0.15) is 0 Å². The molecule has 4 heteroatoms. The molecule has 2 atom stereocenters. The minimum atomic E-state index is 0.0402. The maximum atomic E-state index is 6.46. The highest BCUT2D eigenvalue weighted by Crippen LogP contribution is 2.42. The third-order valence-electron chi connectivity index (χ3n) is 4.25. The van der Waals surface area contributed by atoms with Crippen LogP contribution >= 0.6 is 22.9 Å². The molecule has 1 aromatic carbocycles. The van der Waals surface area contributed by atoms with E-state index in [0.717, 1.165) is 24.5 Å². The fraction of sp³-hybridized carbons (Fsp3) is 0.500. The van der Waals surface area contributed by atoms with E-state index in [1.165, 1.54) is 26.1 Å². The number of hydrogen-bond acceptors (Lipinski definition) is 3. The van der Waals surface area contributed by atoms with E-state index >= 15 is 0 Å². The molecule has 3 rings (SSSR count). The Morgan fingerprint density at radius 3 is 3.00 bits per heavy atom. The number of nitrogens with two attached hydrogens (primary N) is 1. The number of hydrogen-bond donors (Lipinski definition) is 1. The second-order valence-corrected chi connectivity index (χ2v) is 7.01. The Hall–Kier alpha value is -0.610. The molecular formula is C16H20ClNOS. The Labute approximate surface area is 128 Å². The van der Waals surface area contributed by atoms with Gasteiger partial charge in [0.2, 0.25) is 0 Å². The monoisotopic (exact) mass is 309 g/mol. The Morgan fingerprint density at radius 1 is 1.50 bits per heavy atom. The zero-order valence-corrected chi connectivity index (χ0v) is 13.5. The maximum absolute atomic E-state index is 6.46. The lowest BCUT2D eigenvalue weighted by Gasteiger charge is -2.22. The summed E-state index contributed by atoms with van der Waals surface area (Å²) in [7, 11) is 0. The van der Waals surface area contributed by atoms with Crippen LogP contribution in [0.4, 0.5) is 0 Å². The van der Waals surface area contributed by atoms with Crippen LogP contribution in [0, 0.1) is 0 Å². The van der Waals surface area contributed by atoms with Crippen molar-refractivity contribution in [3.8, 4) is 0 Å². The summed E-state index contributed by atoms with van der Waals surface area (Å²) < 4.78 is 7.09. The van der Waals surface area contributed by atoms with Gasteiger partial charge < -0.3 is 10.5 Å². The van der Waals surface area contributed by atoms with Gasteiger partial charge in [0.05, 0.1) is 12.7 Å². The van der Waals surface area contributed by atoms with Crippen LogP contribution < -0.4 is 5.73 Å². The van der Waals surface area contributed by atoms with E-state index < -0.39 is 0 Å². The molecule has 2 unspecified atom stereocenters. The van der Waals surface area contributed by atoms with Crippen molar-refractivity contribution in [1.82, 2.24) is 0 Å². The third-order valence-corrected chi connectivity index (χ3v) is 5.81. The van der Waals surface area contributed by atoms with Gasteiger partial charge in [-0.25, -0.2) is 0 Å². The number of fused-ring (bicyclic) bond motifs is 3. The zero-order chi connectivity index (χ0) is 14.3. The standard InChI is InChI=1S/C16H20ClNOS/c1-3-9(2)10-6-11-15(7-12(10)17)20-14-4-5-19-13(8-18)16(11)14/h6-7,9,13H,3-5,8,18H2,1-2H3. The maximum Gasteiger partial charge on any atom is 0.0963 e. The van der Waals surface area contributed by atoms with Crippen LogP contribution in [0.1, 0.15) is 48.3 Å². The molecular weight excluding hydrogens is 290 g/mol. The SMILES string of the molecule is CCC(C)c1cc2c3c(sc2cc1Cl)CCOC3CN. The minimum Gasteiger partial charge on any atom is -0.372 e. The number of ether oxygens (including phenoxy) is 1. The van der Waals surface area contributed by atoms with Crippen molar-refractivity contribution in [3.05, 3.63) is 33.2 Å². The molecule has 0 bridgehead atoms. The number of thiophene rings is 1.